The van der Waals surface area contributed by atoms with Crippen molar-refractivity contribution in [2.75, 3.05) is 24.5 Å². The maximum atomic E-state index is 10.9. The number of piperidine rings is 1. The third-order valence-electron chi connectivity index (χ3n) is 3.81. The van der Waals surface area contributed by atoms with Gasteiger partial charge < -0.3 is 10.6 Å². The van der Waals surface area contributed by atoms with Gasteiger partial charge in [0.15, 0.2) is 0 Å². The van der Waals surface area contributed by atoms with E-state index in [1.165, 1.54) is 0 Å². The van der Waals surface area contributed by atoms with Crippen molar-refractivity contribution >= 4 is 11.4 Å². The molecule has 1 aliphatic heterocycles. The van der Waals surface area contributed by atoms with E-state index in [0.717, 1.165) is 50.1 Å². The van der Waals surface area contributed by atoms with E-state index in [2.05, 4.69) is 4.90 Å². The van der Waals surface area contributed by atoms with Gasteiger partial charge in [0.2, 0.25) is 0 Å². The SMILES string of the molecule is Cc1cc(N2CCC(CCN)CC2)cc([N+](=O)[O-])c1. The van der Waals surface area contributed by atoms with Crippen molar-refractivity contribution in [3.8, 4) is 0 Å². The second-order valence-electron chi connectivity index (χ2n) is 5.29. The number of hydrogen-bond acceptors (Lipinski definition) is 4. The van der Waals surface area contributed by atoms with E-state index in [-0.39, 0.29) is 10.6 Å². The molecule has 0 atom stereocenters. The van der Waals surface area contributed by atoms with Crippen molar-refractivity contribution in [2.45, 2.75) is 26.2 Å². The standard InChI is InChI=1S/C14H21N3O2/c1-11-8-13(10-14(9-11)17(18)19)16-6-3-12(2-5-15)4-7-16/h8-10,12H,2-7,15H2,1H3. The summed E-state index contributed by atoms with van der Waals surface area (Å²) in [5, 5.41) is 10.9. The van der Waals surface area contributed by atoms with Crippen molar-refractivity contribution in [1.82, 2.24) is 0 Å². The summed E-state index contributed by atoms with van der Waals surface area (Å²) in [5.41, 5.74) is 7.68. The average Bonchev–Trinajstić information content (AvgIpc) is 2.39. The molecule has 0 saturated carbocycles. The summed E-state index contributed by atoms with van der Waals surface area (Å²) in [6, 6.07) is 5.32. The molecule has 1 heterocycles. The Morgan fingerprint density at radius 1 is 1.37 bits per heavy atom. The minimum atomic E-state index is -0.322. The summed E-state index contributed by atoms with van der Waals surface area (Å²) in [7, 11) is 0. The summed E-state index contributed by atoms with van der Waals surface area (Å²) in [6.45, 7) is 4.58. The van der Waals surface area contributed by atoms with Crippen LogP contribution in [0.15, 0.2) is 18.2 Å². The molecular formula is C14H21N3O2. The Kier molecular flexibility index (Phi) is 4.37. The summed E-state index contributed by atoms with van der Waals surface area (Å²) < 4.78 is 0. The van der Waals surface area contributed by atoms with Gasteiger partial charge in [-0.2, -0.15) is 0 Å². The molecule has 1 saturated heterocycles. The molecule has 5 nitrogen and oxygen atoms in total. The van der Waals surface area contributed by atoms with Crippen molar-refractivity contribution in [2.24, 2.45) is 11.7 Å². The lowest BCUT2D eigenvalue weighted by molar-refractivity contribution is -0.384. The van der Waals surface area contributed by atoms with Crippen molar-refractivity contribution in [3.63, 3.8) is 0 Å². The van der Waals surface area contributed by atoms with E-state index in [4.69, 9.17) is 5.73 Å². The minimum Gasteiger partial charge on any atom is -0.371 e. The highest BCUT2D eigenvalue weighted by Gasteiger charge is 2.20. The Hall–Kier alpha value is -1.62. The second kappa shape index (κ2) is 6.02. The lowest BCUT2D eigenvalue weighted by Gasteiger charge is -2.33. The first kappa shape index (κ1) is 13.8. The molecule has 1 fully saturated rings. The van der Waals surface area contributed by atoms with Crippen molar-refractivity contribution < 1.29 is 4.92 Å². The zero-order chi connectivity index (χ0) is 13.8. The molecule has 0 unspecified atom stereocenters. The number of nitro benzene ring substituents is 1. The number of hydrogen-bond donors (Lipinski definition) is 1. The van der Waals surface area contributed by atoms with Crippen LogP contribution in [0.5, 0.6) is 0 Å². The van der Waals surface area contributed by atoms with Gasteiger partial charge in [0.1, 0.15) is 0 Å². The molecule has 2 rings (SSSR count). The number of nitrogens with two attached hydrogens (primary N) is 1. The molecule has 104 valence electrons. The highest BCUT2D eigenvalue weighted by molar-refractivity contribution is 5.55. The van der Waals surface area contributed by atoms with Crippen LogP contribution in [0.2, 0.25) is 0 Å². The number of nitrogens with zero attached hydrogens (tertiary/aromatic N) is 2. The Morgan fingerprint density at radius 2 is 2.05 bits per heavy atom. The van der Waals surface area contributed by atoms with Crippen LogP contribution in [0.4, 0.5) is 11.4 Å². The van der Waals surface area contributed by atoms with E-state index < -0.39 is 0 Å². The summed E-state index contributed by atoms with van der Waals surface area (Å²) in [6.07, 6.45) is 3.33. The number of benzene rings is 1. The molecule has 2 N–H and O–H groups in total. The molecule has 0 radical (unpaired) electrons. The lowest BCUT2D eigenvalue weighted by atomic mass is 9.93. The molecule has 0 aliphatic carbocycles. The fourth-order valence-electron chi connectivity index (χ4n) is 2.75. The van der Waals surface area contributed by atoms with Crippen LogP contribution in [0.25, 0.3) is 0 Å². The molecule has 1 aromatic carbocycles. The van der Waals surface area contributed by atoms with E-state index in [1.807, 2.05) is 13.0 Å². The van der Waals surface area contributed by atoms with Gasteiger partial charge in [-0.25, -0.2) is 0 Å². The molecule has 1 aromatic rings. The zero-order valence-corrected chi connectivity index (χ0v) is 11.3. The normalized spacial score (nSPS) is 16.6. The Balaban J connectivity index is 2.09. The monoisotopic (exact) mass is 263 g/mol. The average molecular weight is 263 g/mol. The number of non-ortho nitro benzene ring substituents is 1. The van der Waals surface area contributed by atoms with Crippen LogP contribution in [0.3, 0.4) is 0 Å². The smallest absolute Gasteiger partial charge is 0.271 e. The largest absolute Gasteiger partial charge is 0.371 e. The minimum absolute atomic E-state index is 0.180. The molecule has 0 spiro atoms. The summed E-state index contributed by atoms with van der Waals surface area (Å²) >= 11 is 0. The van der Waals surface area contributed by atoms with E-state index in [0.29, 0.717) is 5.92 Å². The molecule has 0 aromatic heterocycles. The number of aryl methyl sites for hydroxylation is 1. The van der Waals surface area contributed by atoms with Crippen LogP contribution in [-0.2, 0) is 0 Å². The summed E-state index contributed by atoms with van der Waals surface area (Å²) in [5.74, 6) is 0.709. The van der Waals surface area contributed by atoms with Crippen LogP contribution in [0, 0.1) is 23.0 Å². The fourth-order valence-corrected chi connectivity index (χ4v) is 2.75. The molecule has 1 aliphatic rings. The molecule has 0 bridgehead atoms. The maximum absolute atomic E-state index is 10.9. The Morgan fingerprint density at radius 3 is 2.63 bits per heavy atom. The highest BCUT2D eigenvalue weighted by Crippen LogP contribution is 2.28. The molecule has 0 amide bonds. The topological polar surface area (TPSA) is 72.4 Å². The van der Waals surface area contributed by atoms with Gasteiger partial charge in [-0.1, -0.05) is 0 Å². The van der Waals surface area contributed by atoms with Gasteiger partial charge in [-0.3, -0.25) is 10.1 Å². The van der Waals surface area contributed by atoms with E-state index >= 15 is 0 Å². The first-order chi connectivity index (χ1) is 9.10. The van der Waals surface area contributed by atoms with Gasteiger partial charge >= 0.3 is 0 Å². The quantitative estimate of drug-likeness (QED) is 0.669. The lowest BCUT2D eigenvalue weighted by Crippen LogP contribution is -2.34. The molecule has 5 heteroatoms. The van der Waals surface area contributed by atoms with Crippen molar-refractivity contribution in [3.05, 3.63) is 33.9 Å². The predicted octanol–water partition coefficient (Wildman–Crippen LogP) is 2.47. The number of nitro groups is 1. The van der Waals surface area contributed by atoms with Crippen LogP contribution < -0.4 is 10.6 Å². The first-order valence-corrected chi connectivity index (χ1v) is 6.81. The van der Waals surface area contributed by atoms with Gasteiger partial charge in [0, 0.05) is 30.9 Å². The van der Waals surface area contributed by atoms with E-state index in [1.54, 1.807) is 12.1 Å². The first-order valence-electron chi connectivity index (χ1n) is 6.81. The van der Waals surface area contributed by atoms with Gasteiger partial charge in [0.25, 0.3) is 5.69 Å². The van der Waals surface area contributed by atoms with Crippen LogP contribution >= 0.6 is 0 Å². The fraction of sp³-hybridized carbons (Fsp3) is 0.571. The number of anilines is 1. The second-order valence-corrected chi connectivity index (χ2v) is 5.29. The molecule has 19 heavy (non-hydrogen) atoms. The van der Waals surface area contributed by atoms with E-state index in [9.17, 15) is 10.1 Å². The molecular weight excluding hydrogens is 242 g/mol. The van der Waals surface area contributed by atoms with Crippen LogP contribution in [0.1, 0.15) is 24.8 Å². The van der Waals surface area contributed by atoms with Crippen molar-refractivity contribution in [1.29, 1.82) is 0 Å². The third kappa shape index (κ3) is 3.44. The Labute approximate surface area is 113 Å². The Bertz CT molecular complexity index is 454. The van der Waals surface area contributed by atoms with Gasteiger partial charge in [0.05, 0.1) is 4.92 Å². The zero-order valence-electron chi connectivity index (χ0n) is 11.3. The van der Waals surface area contributed by atoms with Gasteiger partial charge in [-0.15, -0.1) is 0 Å². The van der Waals surface area contributed by atoms with Gasteiger partial charge in [-0.05, 0) is 50.3 Å². The maximum Gasteiger partial charge on any atom is 0.271 e. The predicted molar refractivity (Wildman–Crippen MR) is 76.4 cm³/mol. The summed E-state index contributed by atoms with van der Waals surface area (Å²) in [4.78, 5) is 12.8. The number of rotatable bonds is 4. The third-order valence-corrected chi connectivity index (χ3v) is 3.81. The van der Waals surface area contributed by atoms with Crippen LogP contribution in [-0.4, -0.2) is 24.6 Å². The highest BCUT2D eigenvalue weighted by atomic mass is 16.6.